The van der Waals surface area contributed by atoms with Gasteiger partial charge in [0.05, 0.1) is 5.65 Å². The Morgan fingerprint density at radius 1 is 1.50 bits per heavy atom. The summed E-state index contributed by atoms with van der Waals surface area (Å²) in [6, 6.07) is 3.36. The SMILES string of the molecule is O=c1[nH][c-]nc2ncccc12.[K+]. The van der Waals surface area contributed by atoms with E-state index < -0.39 is 0 Å². The minimum atomic E-state index is -0.205. The van der Waals surface area contributed by atoms with Crippen LogP contribution < -0.4 is 56.9 Å². The first kappa shape index (κ1) is 10.0. The fourth-order valence-corrected chi connectivity index (χ4v) is 0.862. The van der Waals surface area contributed by atoms with E-state index in [9.17, 15) is 4.79 Å². The number of fused-ring (bicyclic) bond motifs is 1. The number of nitrogens with zero attached hydrogens (tertiary/aromatic N) is 2. The second kappa shape index (κ2) is 4.24. The number of H-pyrrole nitrogens is 1. The van der Waals surface area contributed by atoms with Crippen LogP contribution in [0.2, 0.25) is 0 Å². The quantitative estimate of drug-likeness (QED) is 0.354. The fraction of sp³-hybridized carbons (Fsp3) is 0. The zero-order valence-electron chi connectivity index (χ0n) is 6.53. The van der Waals surface area contributed by atoms with Crippen LogP contribution in [0.25, 0.3) is 11.0 Å². The van der Waals surface area contributed by atoms with Crippen molar-refractivity contribution in [1.29, 1.82) is 0 Å². The van der Waals surface area contributed by atoms with Gasteiger partial charge in [0.25, 0.3) is 0 Å². The van der Waals surface area contributed by atoms with Crippen LogP contribution in [0.4, 0.5) is 0 Å². The molecule has 0 radical (unpaired) electrons. The minimum absolute atomic E-state index is 0. The van der Waals surface area contributed by atoms with Crippen LogP contribution in [-0.4, -0.2) is 15.0 Å². The van der Waals surface area contributed by atoms with E-state index in [0.29, 0.717) is 11.0 Å². The molecule has 0 aromatic carbocycles. The zero-order valence-corrected chi connectivity index (χ0v) is 9.66. The van der Waals surface area contributed by atoms with E-state index in [1.165, 1.54) is 0 Å². The summed E-state index contributed by atoms with van der Waals surface area (Å²) in [7, 11) is 0. The largest absolute Gasteiger partial charge is 1.00 e. The van der Waals surface area contributed by atoms with Crippen LogP contribution in [0.15, 0.2) is 23.1 Å². The third kappa shape index (κ3) is 1.81. The fourth-order valence-electron chi connectivity index (χ4n) is 0.862. The van der Waals surface area contributed by atoms with Crippen molar-refractivity contribution in [2.24, 2.45) is 0 Å². The zero-order chi connectivity index (χ0) is 7.68. The van der Waals surface area contributed by atoms with Crippen LogP contribution in [0, 0.1) is 6.33 Å². The Kier molecular flexibility index (Phi) is 3.54. The Labute approximate surface area is 111 Å². The molecule has 12 heavy (non-hydrogen) atoms. The minimum Gasteiger partial charge on any atom is -0.420 e. The molecule has 0 aliphatic rings. The molecule has 2 rings (SSSR count). The summed E-state index contributed by atoms with van der Waals surface area (Å²) >= 11 is 0. The number of hydrogen-bond acceptors (Lipinski definition) is 3. The number of nitrogens with one attached hydrogen (secondary N) is 1. The molecule has 0 saturated carbocycles. The Bertz CT molecular complexity index is 434. The molecular formula is C7H4KN3O. The Morgan fingerprint density at radius 3 is 3.08 bits per heavy atom. The Hall–Kier alpha value is -0.0736. The molecule has 2 aromatic heterocycles. The summed E-state index contributed by atoms with van der Waals surface area (Å²) in [6.45, 7) is 0. The molecule has 0 aliphatic heterocycles. The molecule has 0 saturated heterocycles. The van der Waals surface area contributed by atoms with Gasteiger partial charge in [-0.15, -0.1) is 0 Å². The third-order valence-electron chi connectivity index (χ3n) is 1.36. The molecule has 54 valence electrons. The van der Waals surface area contributed by atoms with Crippen molar-refractivity contribution >= 4 is 11.0 Å². The van der Waals surface area contributed by atoms with Crippen LogP contribution in [0.1, 0.15) is 0 Å². The van der Waals surface area contributed by atoms with Crippen molar-refractivity contribution in [3.05, 3.63) is 35.0 Å². The van der Waals surface area contributed by atoms with Crippen molar-refractivity contribution in [3.8, 4) is 0 Å². The molecule has 5 heteroatoms. The second-order valence-corrected chi connectivity index (χ2v) is 2.05. The van der Waals surface area contributed by atoms with Gasteiger partial charge in [0.1, 0.15) is 5.56 Å². The third-order valence-corrected chi connectivity index (χ3v) is 1.36. The predicted octanol–water partition coefficient (Wildman–Crippen LogP) is -2.88. The maximum Gasteiger partial charge on any atom is 1.00 e. The standard InChI is InChI=1S/C7H4N3O.K/c11-7-5-2-1-3-8-6(5)9-4-10-7;/h1-3H,(H,8,9,10,11);/q-1;+1. The van der Waals surface area contributed by atoms with E-state index in [-0.39, 0.29) is 56.9 Å². The van der Waals surface area contributed by atoms with E-state index in [1.54, 1.807) is 18.3 Å². The normalized spacial score (nSPS) is 9.33. The molecule has 1 N–H and O–H groups in total. The van der Waals surface area contributed by atoms with Gasteiger partial charge in [-0.25, -0.2) is 0 Å². The van der Waals surface area contributed by atoms with Crippen molar-refractivity contribution in [3.63, 3.8) is 0 Å². The number of aromatic nitrogens is 3. The molecule has 0 amide bonds. The topological polar surface area (TPSA) is 58.6 Å². The van der Waals surface area contributed by atoms with Gasteiger partial charge in [0.15, 0.2) is 0 Å². The van der Waals surface area contributed by atoms with E-state index in [0.717, 1.165) is 0 Å². The summed E-state index contributed by atoms with van der Waals surface area (Å²) in [5.74, 6) is 0. The predicted molar refractivity (Wildman–Crippen MR) is 39.0 cm³/mol. The molecule has 0 bridgehead atoms. The van der Waals surface area contributed by atoms with E-state index in [4.69, 9.17) is 0 Å². The summed E-state index contributed by atoms with van der Waals surface area (Å²) in [5, 5.41) is 0.492. The van der Waals surface area contributed by atoms with Crippen LogP contribution in [0.5, 0.6) is 0 Å². The first-order valence-electron chi connectivity index (χ1n) is 3.09. The van der Waals surface area contributed by atoms with Crippen LogP contribution in [0.3, 0.4) is 0 Å². The van der Waals surface area contributed by atoms with Crippen LogP contribution in [-0.2, 0) is 0 Å². The van der Waals surface area contributed by atoms with Gasteiger partial charge in [0, 0.05) is 12.5 Å². The summed E-state index contributed by atoms with van der Waals surface area (Å²) in [5.41, 5.74) is 0.222. The van der Waals surface area contributed by atoms with Gasteiger partial charge in [-0.2, -0.15) is 0 Å². The van der Waals surface area contributed by atoms with E-state index in [1.807, 2.05) is 0 Å². The monoisotopic (exact) mass is 185 g/mol. The van der Waals surface area contributed by atoms with Crippen molar-refractivity contribution in [2.45, 2.75) is 0 Å². The van der Waals surface area contributed by atoms with Crippen molar-refractivity contribution < 1.29 is 51.4 Å². The molecule has 0 aliphatic carbocycles. The van der Waals surface area contributed by atoms with Crippen molar-refractivity contribution in [2.75, 3.05) is 0 Å². The molecule has 0 spiro atoms. The van der Waals surface area contributed by atoms with Crippen LogP contribution >= 0.6 is 0 Å². The molecule has 0 unspecified atom stereocenters. The van der Waals surface area contributed by atoms with E-state index >= 15 is 0 Å². The van der Waals surface area contributed by atoms with E-state index in [2.05, 4.69) is 21.3 Å². The summed E-state index contributed by atoms with van der Waals surface area (Å²) < 4.78 is 0. The van der Waals surface area contributed by atoms with Gasteiger partial charge < -0.3 is 19.7 Å². The first-order chi connectivity index (χ1) is 5.38. The molecule has 0 atom stereocenters. The van der Waals surface area contributed by atoms with Crippen molar-refractivity contribution in [1.82, 2.24) is 15.0 Å². The van der Waals surface area contributed by atoms with Gasteiger partial charge in [-0.05, 0) is 11.5 Å². The number of pyridine rings is 1. The Balaban J connectivity index is 0.000000720. The molecule has 0 fully saturated rings. The van der Waals surface area contributed by atoms with Gasteiger partial charge >= 0.3 is 51.4 Å². The first-order valence-corrected chi connectivity index (χ1v) is 3.09. The average molecular weight is 185 g/mol. The maximum absolute atomic E-state index is 11.0. The molecule has 4 nitrogen and oxygen atoms in total. The average Bonchev–Trinajstić information content (AvgIpc) is 2.06. The molecule has 2 aromatic rings. The Morgan fingerprint density at radius 2 is 2.33 bits per heavy atom. The maximum atomic E-state index is 11.0. The van der Waals surface area contributed by atoms with Gasteiger partial charge in [0.2, 0.25) is 0 Å². The number of aromatic amines is 1. The smallest absolute Gasteiger partial charge is 0.420 e. The second-order valence-electron chi connectivity index (χ2n) is 2.05. The number of hydrogen-bond donors (Lipinski definition) is 1. The molecular weight excluding hydrogens is 181 g/mol. The van der Waals surface area contributed by atoms with Gasteiger partial charge in [-0.1, -0.05) is 6.07 Å². The summed E-state index contributed by atoms with van der Waals surface area (Å²) in [4.78, 5) is 21.0. The number of rotatable bonds is 0. The summed E-state index contributed by atoms with van der Waals surface area (Å²) in [6.07, 6.45) is 3.94. The molecule has 2 heterocycles. The van der Waals surface area contributed by atoms with Gasteiger partial charge in [-0.3, -0.25) is 0 Å².